The molecule has 1 heterocycles. The van der Waals surface area contributed by atoms with Crippen LogP contribution in [0.25, 0.3) is 0 Å². The van der Waals surface area contributed by atoms with Crippen LogP contribution in [-0.2, 0) is 0 Å². The van der Waals surface area contributed by atoms with E-state index >= 15 is 0 Å². The Morgan fingerprint density at radius 3 is 3.07 bits per heavy atom. The third-order valence-corrected chi connectivity index (χ3v) is 2.79. The molecular formula is C11H13ClFNO. The fourth-order valence-corrected chi connectivity index (χ4v) is 1.83. The number of nitrogens with one attached hydrogen (secondary N) is 1. The van der Waals surface area contributed by atoms with Crippen molar-refractivity contribution < 1.29 is 9.13 Å². The van der Waals surface area contributed by atoms with Gasteiger partial charge in [-0.1, -0.05) is 11.6 Å². The first-order chi connectivity index (χ1) is 7.25. The molecule has 1 aliphatic heterocycles. The van der Waals surface area contributed by atoms with Crippen molar-refractivity contribution in [2.75, 3.05) is 13.2 Å². The molecule has 1 aliphatic rings. The highest BCUT2D eigenvalue weighted by Crippen LogP contribution is 2.21. The molecule has 0 saturated carbocycles. The molecule has 1 saturated heterocycles. The molecule has 1 atom stereocenters. The third kappa shape index (κ3) is 2.83. The summed E-state index contributed by atoms with van der Waals surface area (Å²) in [5.41, 5.74) is 0. The fraction of sp³-hybridized carbons (Fsp3) is 0.455. The van der Waals surface area contributed by atoms with Gasteiger partial charge in [-0.25, -0.2) is 4.39 Å². The Bertz CT molecular complexity index is 339. The van der Waals surface area contributed by atoms with Crippen molar-refractivity contribution >= 4 is 11.6 Å². The lowest BCUT2D eigenvalue weighted by molar-refractivity contribution is 0.277. The number of hydrogen-bond donors (Lipinski definition) is 1. The number of rotatable bonds is 3. The van der Waals surface area contributed by atoms with Crippen LogP contribution in [0.3, 0.4) is 0 Å². The van der Waals surface area contributed by atoms with E-state index in [0.29, 0.717) is 18.4 Å². The van der Waals surface area contributed by atoms with Crippen molar-refractivity contribution in [2.45, 2.75) is 18.9 Å². The molecule has 0 radical (unpaired) electrons. The van der Waals surface area contributed by atoms with Crippen LogP contribution in [0.1, 0.15) is 12.8 Å². The standard InChI is InChI=1S/C11H13ClFNO/c12-10-6-9(3-4-11(10)13)15-7-8-2-1-5-14-8/h3-4,6,8,14H,1-2,5,7H2/t8-/m1/s1. The van der Waals surface area contributed by atoms with Gasteiger partial charge < -0.3 is 10.1 Å². The summed E-state index contributed by atoms with van der Waals surface area (Å²) in [6.07, 6.45) is 2.33. The molecular weight excluding hydrogens is 217 g/mol. The summed E-state index contributed by atoms with van der Waals surface area (Å²) < 4.78 is 18.4. The minimum atomic E-state index is -0.414. The lowest BCUT2D eigenvalue weighted by Crippen LogP contribution is -2.28. The van der Waals surface area contributed by atoms with E-state index in [2.05, 4.69) is 5.32 Å². The van der Waals surface area contributed by atoms with Crippen LogP contribution < -0.4 is 10.1 Å². The van der Waals surface area contributed by atoms with E-state index in [1.807, 2.05) is 0 Å². The van der Waals surface area contributed by atoms with E-state index in [-0.39, 0.29) is 5.02 Å². The largest absolute Gasteiger partial charge is 0.492 e. The third-order valence-electron chi connectivity index (χ3n) is 2.50. The van der Waals surface area contributed by atoms with Crippen LogP contribution >= 0.6 is 11.6 Å². The number of ether oxygens (including phenoxy) is 1. The van der Waals surface area contributed by atoms with Gasteiger partial charge in [0.05, 0.1) is 5.02 Å². The van der Waals surface area contributed by atoms with E-state index in [0.717, 1.165) is 13.0 Å². The van der Waals surface area contributed by atoms with Crippen molar-refractivity contribution in [3.63, 3.8) is 0 Å². The number of benzene rings is 1. The average Bonchev–Trinajstić information content (AvgIpc) is 2.73. The second-order valence-electron chi connectivity index (χ2n) is 3.68. The lowest BCUT2D eigenvalue weighted by atomic mass is 10.2. The second kappa shape index (κ2) is 4.81. The zero-order valence-electron chi connectivity index (χ0n) is 8.30. The molecule has 0 aromatic heterocycles. The Morgan fingerprint density at radius 1 is 1.53 bits per heavy atom. The molecule has 1 aromatic carbocycles. The van der Waals surface area contributed by atoms with Gasteiger partial charge in [-0.3, -0.25) is 0 Å². The molecule has 1 aromatic rings. The highest BCUT2D eigenvalue weighted by Gasteiger charge is 2.14. The molecule has 82 valence electrons. The highest BCUT2D eigenvalue weighted by atomic mass is 35.5. The lowest BCUT2D eigenvalue weighted by Gasteiger charge is -2.12. The van der Waals surface area contributed by atoms with Gasteiger partial charge in [-0.2, -0.15) is 0 Å². The summed E-state index contributed by atoms with van der Waals surface area (Å²) in [7, 11) is 0. The first kappa shape index (κ1) is 10.7. The van der Waals surface area contributed by atoms with Crippen molar-refractivity contribution in [3.05, 3.63) is 29.0 Å². The Hall–Kier alpha value is -0.800. The summed E-state index contributed by atoms with van der Waals surface area (Å²) in [6.45, 7) is 1.67. The molecule has 4 heteroatoms. The Morgan fingerprint density at radius 2 is 2.40 bits per heavy atom. The van der Waals surface area contributed by atoms with E-state index in [1.165, 1.54) is 18.6 Å². The Balaban J connectivity index is 1.90. The molecule has 0 aliphatic carbocycles. The van der Waals surface area contributed by atoms with Crippen LogP contribution in [0.5, 0.6) is 5.75 Å². The maximum Gasteiger partial charge on any atom is 0.142 e. The fourth-order valence-electron chi connectivity index (χ4n) is 1.66. The van der Waals surface area contributed by atoms with Gasteiger partial charge in [-0.15, -0.1) is 0 Å². The van der Waals surface area contributed by atoms with E-state index in [4.69, 9.17) is 16.3 Å². The highest BCUT2D eigenvalue weighted by molar-refractivity contribution is 6.30. The van der Waals surface area contributed by atoms with Crippen molar-refractivity contribution in [1.82, 2.24) is 5.32 Å². The van der Waals surface area contributed by atoms with Gasteiger partial charge in [0.1, 0.15) is 18.2 Å². The number of hydrogen-bond acceptors (Lipinski definition) is 2. The molecule has 0 unspecified atom stereocenters. The monoisotopic (exact) mass is 229 g/mol. The van der Waals surface area contributed by atoms with Crippen LogP contribution in [0.15, 0.2) is 18.2 Å². The van der Waals surface area contributed by atoms with E-state index in [9.17, 15) is 4.39 Å². The SMILES string of the molecule is Fc1ccc(OC[C@H]2CCCN2)cc1Cl. The summed E-state index contributed by atoms with van der Waals surface area (Å²) in [6, 6.07) is 4.83. The maximum absolute atomic E-state index is 12.8. The molecule has 2 rings (SSSR count). The predicted molar refractivity (Wildman–Crippen MR) is 57.9 cm³/mol. The molecule has 0 bridgehead atoms. The zero-order valence-corrected chi connectivity index (χ0v) is 9.06. The molecule has 1 N–H and O–H groups in total. The molecule has 15 heavy (non-hydrogen) atoms. The smallest absolute Gasteiger partial charge is 0.142 e. The predicted octanol–water partition coefficient (Wildman–Crippen LogP) is 2.61. The maximum atomic E-state index is 12.8. The first-order valence-electron chi connectivity index (χ1n) is 5.07. The van der Waals surface area contributed by atoms with E-state index in [1.54, 1.807) is 6.07 Å². The summed E-state index contributed by atoms with van der Waals surface area (Å²) >= 11 is 5.64. The first-order valence-corrected chi connectivity index (χ1v) is 5.45. The van der Waals surface area contributed by atoms with Gasteiger partial charge in [0.25, 0.3) is 0 Å². The zero-order chi connectivity index (χ0) is 10.7. The van der Waals surface area contributed by atoms with Crippen LogP contribution in [-0.4, -0.2) is 19.2 Å². The van der Waals surface area contributed by atoms with E-state index < -0.39 is 5.82 Å². The molecule has 0 amide bonds. The van der Waals surface area contributed by atoms with Crippen molar-refractivity contribution in [2.24, 2.45) is 0 Å². The summed E-state index contributed by atoms with van der Waals surface area (Å²) in [4.78, 5) is 0. The second-order valence-corrected chi connectivity index (χ2v) is 4.09. The normalized spacial score (nSPS) is 20.5. The van der Waals surface area contributed by atoms with Crippen molar-refractivity contribution in [1.29, 1.82) is 0 Å². The van der Waals surface area contributed by atoms with Gasteiger partial charge in [-0.05, 0) is 31.5 Å². The number of halogens is 2. The van der Waals surface area contributed by atoms with Crippen LogP contribution in [0.4, 0.5) is 4.39 Å². The van der Waals surface area contributed by atoms with Crippen molar-refractivity contribution in [3.8, 4) is 5.75 Å². The molecule has 0 spiro atoms. The van der Waals surface area contributed by atoms with Gasteiger partial charge in [0.15, 0.2) is 0 Å². The van der Waals surface area contributed by atoms with Gasteiger partial charge in [0, 0.05) is 12.1 Å². The minimum absolute atomic E-state index is 0.104. The Kier molecular flexibility index (Phi) is 3.44. The quantitative estimate of drug-likeness (QED) is 0.861. The van der Waals surface area contributed by atoms with Crippen LogP contribution in [0, 0.1) is 5.82 Å². The minimum Gasteiger partial charge on any atom is -0.492 e. The molecule has 2 nitrogen and oxygen atoms in total. The summed E-state index contributed by atoms with van der Waals surface area (Å²) in [5, 5.41) is 3.42. The topological polar surface area (TPSA) is 21.3 Å². The summed E-state index contributed by atoms with van der Waals surface area (Å²) in [5.74, 6) is 0.207. The molecule has 1 fully saturated rings. The average molecular weight is 230 g/mol. The van der Waals surface area contributed by atoms with Gasteiger partial charge in [0.2, 0.25) is 0 Å². The van der Waals surface area contributed by atoms with Gasteiger partial charge >= 0.3 is 0 Å². The Labute approximate surface area is 93.4 Å². The van der Waals surface area contributed by atoms with Crippen LogP contribution in [0.2, 0.25) is 5.02 Å².